The molecular formula is C31H18O. The summed E-state index contributed by atoms with van der Waals surface area (Å²) in [5, 5.41) is 16.3. The zero-order valence-electron chi connectivity index (χ0n) is 17.6. The third-order valence-corrected chi connectivity index (χ3v) is 7.40. The van der Waals surface area contributed by atoms with Crippen LogP contribution in [0.1, 0.15) is 0 Å². The number of rotatable bonds is 2. The van der Waals surface area contributed by atoms with Gasteiger partial charge in [0, 0.05) is 0 Å². The second-order valence-corrected chi connectivity index (χ2v) is 8.89. The first kappa shape index (κ1) is 16.6. The van der Waals surface area contributed by atoms with Crippen LogP contribution in [0.3, 0.4) is 0 Å². The lowest BCUT2D eigenvalue weighted by atomic mass is 9.81. The molecule has 0 unspecified atom stereocenters. The van der Waals surface area contributed by atoms with Gasteiger partial charge in [-0.05, 0) is 94.0 Å². The largest absolute Gasteiger partial charge is 0.497 e. The van der Waals surface area contributed by atoms with E-state index in [0.717, 1.165) is 5.75 Å². The first-order valence-electron chi connectivity index (χ1n) is 11.1. The molecule has 32 heavy (non-hydrogen) atoms. The fourth-order valence-electron chi connectivity index (χ4n) is 6.00. The number of benzene rings is 8. The summed E-state index contributed by atoms with van der Waals surface area (Å²) in [4.78, 5) is 0. The van der Waals surface area contributed by atoms with Gasteiger partial charge in [0.2, 0.25) is 0 Å². The molecule has 0 aliphatic rings. The molecule has 0 aromatic heterocycles. The Morgan fingerprint density at radius 2 is 0.875 bits per heavy atom. The van der Waals surface area contributed by atoms with Gasteiger partial charge in [-0.15, -0.1) is 0 Å². The van der Waals surface area contributed by atoms with E-state index < -0.39 is 0 Å². The summed E-state index contributed by atoms with van der Waals surface area (Å²) in [6.45, 7) is 0. The van der Waals surface area contributed by atoms with E-state index in [2.05, 4.69) is 91.0 Å². The van der Waals surface area contributed by atoms with Crippen LogP contribution in [0.25, 0.3) is 75.8 Å². The van der Waals surface area contributed by atoms with Gasteiger partial charge in [0.15, 0.2) is 0 Å². The predicted octanol–water partition coefficient (Wildman–Crippen LogP) is 8.59. The standard InChI is InChI=1S/C31H18O/c1-32-23-13-10-17(11-14-23)25-16-22-9-8-20-5-3-18-2-4-19-6-7-21-12-15-24(25)31-29(21)27(19)26(18)28(20)30(22)31/h2-16H,1H3. The summed E-state index contributed by atoms with van der Waals surface area (Å²) in [6, 6.07) is 33.7. The fraction of sp³-hybridized carbons (Fsp3) is 0.0323. The lowest BCUT2D eigenvalue weighted by Gasteiger charge is -2.22. The van der Waals surface area contributed by atoms with Gasteiger partial charge < -0.3 is 4.74 Å². The molecule has 148 valence electrons. The summed E-state index contributed by atoms with van der Waals surface area (Å²) >= 11 is 0. The first-order valence-corrected chi connectivity index (χ1v) is 11.1. The van der Waals surface area contributed by atoms with Gasteiger partial charge in [-0.2, -0.15) is 0 Å². The minimum atomic E-state index is 0.884. The van der Waals surface area contributed by atoms with Crippen LogP contribution in [0.4, 0.5) is 0 Å². The molecular weight excluding hydrogens is 388 g/mol. The SMILES string of the molecule is COc1ccc(-c2cc3ccc4ccc5ccc6ccc7ccc2c2c7c6c5c4c32)cc1. The van der Waals surface area contributed by atoms with Crippen molar-refractivity contribution in [3.8, 4) is 16.9 Å². The van der Waals surface area contributed by atoms with Crippen molar-refractivity contribution >= 4 is 64.6 Å². The summed E-state index contributed by atoms with van der Waals surface area (Å²) in [6.07, 6.45) is 0. The highest BCUT2D eigenvalue weighted by atomic mass is 16.5. The van der Waals surface area contributed by atoms with Crippen LogP contribution in [0, 0.1) is 0 Å². The second kappa shape index (κ2) is 5.57. The van der Waals surface area contributed by atoms with Crippen LogP contribution < -0.4 is 4.74 Å². The van der Waals surface area contributed by atoms with Crippen LogP contribution in [-0.4, -0.2) is 7.11 Å². The van der Waals surface area contributed by atoms with Gasteiger partial charge in [0.05, 0.1) is 7.11 Å². The van der Waals surface area contributed by atoms with Crippen molar-refractivity contribution in [2.75, 3.05) is 7.11 Å². The van der Waals surface area contributed by atoms with Crippen molar-refractivity contribution in [2.24, 2.45) is 0 Å². The van der Waals surface area contributed by atoms with E-state index in [9.17, 15) is 0 Å². The molecule has 8 aromatic rings. The maximum atomic E-state index is 5.40. The van der Waals surface area contributed by atoms with Crippen LogP contribution in [-0.2, 0) is 0 Å². The monoisotopic (exact) mass is 406 g/mol. The average molecular weight is 406 g/mol. The molecule has 0 bridgehead atoms. The van der Waals surface area contributed by atoms with E-state index in [-0.39, 0.29) is 0 Å². The zero-order valence-corrected chi connectivity index (χ0v) is 17.6. The Morgan fingerprint density at radius 3 is 1.41 bits per heavy atom. The maximum Gasteiger partial charge on any atom is 0.118 e. The summed E-state index contributed by atoms with van der Waals surface area (Å²) < 4.78 is 5.40. The van der Waals surface area contributed by atoms with E-state index in [1.165, 1.54) is 75.8 Å². The highest BCUT2D eigenvalue weighted by Crippen LogP contribution is 2.50. The Labute approximate surface area is 184 Å². The molecule has 0 aliphatic heterocycles. The Morgan fingerprint density at radius 1 is 0.438 bits per heavy atom. The van der Waals surface area contributed by atoms with Crippen molar-refractivity contribution < 1.29 is 4.74 Å². The maximum absolute atomic E-state index is 5.40. The van der Waals surface area contributed by atoms with Crippen LogP contribution >= 0.6 is 0 Å². The molecule has 0 saturated heterocycles. The minimum Gasteiger partial charge on any atom is -0.497 e. The Bertz CT molecular complexity index is 1890. The molecule has 8 aromatic carbocycles. The lowest BCUT2D eigenvalue weighted by Crippen LogP contribution is -1.94. The van der Waals surface area contributed by atoms with Crippen molar-refractivity contribution in [3.05, 3.63) is 91.0 Å². The lowest BCUT2D eigenvalue weighted by molar-refractivity contribution is 0.415. The second-order valence-electron chi connectivity index (χ2n) is 8.89. The molecule has 0 amide bonds. The average Bonchev–Trinajstić information content (AvgIpc) is 2.86. The Balaban J connectivity index is 1.69. The molecule has 0 aliphatic carbocycles. The van der Waals surface area contributed by atoms with E-state index in [1.807, 2.05) is 0 Å². The van der Waals surface area contributed by atoms with Gasteiger partial charge in [-0.25, -0.2) is 0 Å². The van der Waals surface area contributed by atoms with Gasteiger partial charge in [0.25, 0.3) is 0 Å². The van der Waals surface area contributed by atoms with Crippen molar-refractivity contribution in [1.82, 2.24) is 0 Å². The number of ether oxygens (including phenoxy) is 1. The number of methoxy groups -OCH3 is 1. The van der Waals surface area contributed by atoms with Gasteiger partial charge >= 0.3 is 0 Å². The third-order valence-electron chi connectivity index (χ3n) is 7.40. The summed E-state index contributed by atoms with van der Waals surface area (Å²) in [5.41, 5.74) is 2.50. The van der Waals surface area contributed by atoms with E-state index >= 15 is 0 Å². The van der Waals surface area contributed by atoms with Crippen LogP contribution in [0.15, 0.2) is 91.0 Å². The highest BCUT2D eigenvalue weighted by Gasteiger charge is 2.21. The molecule has 0 N–H and O–H groups in total. The van der Waals surface area contributed by atoms with Crippen LogP contribution in [0.5, 0.6) is 5.75 Å². The van der Waals surface area contributed by atoms with E-state index in [0.29, 0.717) is 0 Å². The first-order chi connectivity index (χ1) is 15.8. The molecule has 1 nitrogen and oxygen atoms in total. The summed E-state index contributed by atoms with van der Waals surface area (Å²) in [5.74, 6) is 0.884. The highest BCUT2D eigenvalue weighted by molar-refractivity contribution is 6.45. The summed E-state index contributed by atoms with van der Waals surface area (Å²) in [7, 11) is 1.72. The van der Waals surface area contributed by atoms with Crippen LogP contribution in [0.2, 0.25) is 0 Å². The Hall–Kier alpha value is -4.10. The molecule has 1 heteroatoms. The molecule has 0 heterocycles. The molecule has 8 rings (SSSR count). The van der Waals surface area contributed by atoms with Crippen molar-refractivity contribution in [3.63, 3.8) is 0 Å². The molecule has 0 saturated carbocycles. The molecule has 0 fully saturated rings. The third kappa shape index (κ3) is 1.86. The minimum absolute atomic E-state index is 0.884. The smallest absolute Gasteiger partial charge is 0.118 e. The van der Waals surface area contributed by atoms with Gasteiger partial charge in [-0.3, -0.25) is 0 Å². The quantitative estimate of drug-likeness (QED) is 0.206. The van der Waals surface area contributed by atoms with E-state index in [1.54, 1.807) is 7.11 Å². The fourth-order valence-corrected chi connectivity index (χ4v) is 6.00. The normalized spacial score (nSPS) is 12.5. The molecule has 0 spiro atoms. The van der Waals surface area contributed by atoms with Crippen molar-refractivity contribution in [1.29, 1.82) is 0 Å². The number of hydrogen-bond acceptors (Lipinski definition) is 1. The molecule has 0 atom stereocenters. The predicted molar refractivity (Wildman–Crippen MR) is 137 cm³/mol. The topological polar surface area (TPSA) is 9.23 Å². The van der Waals surface area contributed by atoms with E-state index in [4.69, 9.17) is 4.74 Å². The van der Waals surface area contributed by atoms with Crippen molar-refractivity contribution in [2.45, 2.75) is 0 Å². The number of hydrogen-bond donors (Lipinski definition) is 0. The zero-order chi connectivity index (χ0) is 21.0. The van der Waals surface area contributed by atoms with Gasteiger partial charge in [0.1, 0.15) is 5.75 Å². The van der Waals surface area contributed by atoms with Gasteiger partial charge in [-0.1, -0.05) is 72.8 Å². The molecule has 0 radical (unpaired) electrons. The Kier molecular flexibility index (Phi) is 2.89.